The van der Waals surface area contributed by atoms with Gasteiger partial charge in [-0.15, -0.1) is 0 Å². The van der Waals surface area contributed by atoms with E-state index in [0.29, 0.717) is 23.8 Å². The van der Waals surface area contributed by atoms with E-state index in [1.165, 1.54) is 32.1 Å². The zero-order valence-corrected chi connectivity index (χ0v) is 14.2. The topological polar surface area (TPSA) is 41.1 Å². The fraction of sp³-hybridized carbons (Fsp3) is 0.944. The Balaban J connectivity index is 1.76. The predicted molar refractivity (Wildman–Crippen MR) is 88.1 cm³/mol. The van der Waals surface area contributed by atoms with Gasteiger partial charge in [0.05, 0.1) is 0 Å². The number of amides is 1. The zero-order valence-electron chi connectivity index (χ0n) is 14.2. The maximum atomic E-state index is 12.3. The monoisotopic (exact) mass is 294 g/mol. The number of rotatable bonds is 5. The predicted octanol–water partition coefficient (Wildman–Crippen LogP) is 3.34. The van der Waals surface area contributed by atoms with Crippen molar-refractivity contribution in [3.05, 3.63) is 0 Å². The second-order valence-corrected chi connectivity index (χ2v) is 7.73. The van der Waals surface area contributed by atoms with Crippen LogP contribution in [0.2, 0.25) is 0 Å². The smallest absolute Gasteiger partial charge is 0.220 e. The number of hydrogen-bond acceptors (Lipinski definition) is 2. The lowest BCUT2D eigenvalue weighted by molar-refractivity contribution is -0.123. The zero-order chi connectivity index (χ0) is 15.2. The summed E-state index contributed by atoms with van der Waals surface area (Å²) >= 11 is 0. The highest BCUT2D eigenvalue weighted by atomic mass is 16.1. The van der Waals surface area contributed by atoms with Gasteiger partial charge in [-0.2, -0.15) is 0 Å². The summed E-state index contributed by atoms with van der Waals surface area (Å²) in [6.45, 7) is 9.18. The summed E-state index contributed by atoms with van der Waals surface area (Å²) in [5, 5.41) is 6.76. The number of carbonyl (C=O) groups excluding carboxylic acids is 1. The number of nitrogens with one attached hydrogen (secondary N) is 2. The largest absolute Gasteiger partial charge is 0.353 e. The first-order valence-corrected chi connectivity index (χ1v) is 9.06. The third kappa shape index (κ3) is 5.28. The molecule has 3 unspecified atom stereocenters. The molecule has 0 aromatic heterocycles. The minimum atomic E-state index is 0.290. The summed E-state index contributed by atoms with van der Waals surface area (Å²) in [6, 6.07) is 0.411. The summed E-state index contributed by atoms with van der Waals surface area (Å²) in [4.78, 5) is 12.3. The molecule has 1 aliphatic carbocycles. The molecule has 21 heavy (non-hydrogen) atoms. The number of carbonyl (C=O) groups is 1. The molecule has 2 fully saturated rings. The Hall–Kier alpha value is -0.570. The van der Waals surface area contributed by atoms with Gasteiger partial charge in [-0.3, -0.25) is 4.79 Å². The van der Waals surface area contributed by atoms with Gasteiger partial charge in [-0.1, -0.05) is 27.2 Å². The lowest BCUT2D eigenvalue weighted by Gasteiger charge is -2.38. The standard InChI is InChI=1S/C18H34N2O/c1-13(2)16-6-4-14(3)12-17(16)20-18(21)7-5-15-8-10-19-11-9-15/h13-17,19H,4-12H2,1-3H3,(H,20,21). The van der Waals surface area contributed by atoms with E-state index in [0.717, 1.165) is 37.8 Å². The normalized spacial score (nSPS) is 31.3. The Labute approximate surface area is 130 Å². The van der Waals surface area contributed by atoms with Crippen molar-refractivity contribution in [3.63, 3.8) is 0 Å². The van der Waals surface area contributed by atoms with E-state index in [9.17, 15) is 4.79 Å². The van der Waals surface area contributed by atoms with Crippen molar-refractivity contribution in [2.45, 2.75) is 71.8 Å². The maximum Gasteiger partial charge on any atom is 0.220 e. The van der Waals surface area contributed by atoms with E-state index in [4.69, 9.17) is 0 Å². The molecule has 0 aromatic carbocycles. The van der Waals surface area contributed by atoms with Crippen LogP contribution in [0.15, 0.2) is 0 Å². The first-order chi connectivity index (χ1) is 10.1. The second-order valence-electron chi connectivity index (χ2n) is 7.73. The van der Waals surface area contributed by atoms with Gasteiger partial charge in [0.1, 0.15) is 0 Å². The van der Waals surface area contributed by atoms with Crippen LogP contribution >= 0.6 is 0 Å². The Bertz CT molecular complexity index is 323. The van der Waals surface area contributed by atoms with Gasteiger partial charge in [0.15, 0.2) is 0 Å². The van der Waals surface area contributed by atoms with Crippen molar-refractivity contribution in [2.75, 3.05) is 13.1 Å². The quantitative estimate of drug-likeness (QED) is 0.816. The Morgan fingerprint density at radius 2 is 1.90 bits per heavy atom. The van der Waals surface area contributed by atoms with E-state index >= 15 is 0 Å². The summed E-state index contributed by atoms with van der Waals surface area (Å²) < 4.78 is 0. The Morgan fingerprint density at radius 3 is 2.57 bits per heavy atom. The summed E-state index contributed by atoms with van der Waals surface area (Å²) in [5.41, 5.74) is 0. The molecule has 122 valence electrons. The van der Waals surface area contributed by atoms with Crippen LogP contribution in [-0.2, 0) is 4.79 Å². The maximum absolute atomic E-state index is 12.3. The van der Waals surface area contributed by atoms with Crippen LogP contribution in [0.5, 0.6) is 0 Å². The molecular formula is C18H34N2O. The van der Waals surface area contributed by atoms with Gasteiger partial charge in [-0.05, 0) is 68.9 Å². The fourth-order valence-electron chi connectivity index (χ4n) is 4.15. The molecule has 1 heterocycles. The summed E-state index contributed by atoms with van der Waals surface area (Å²) in [5.74, 6) is 3.15. The third-order valence-corrected chi connectivity index (χ3v) is 5.61. The molecule has 2 aliphatic rings. The average molecular weight is 294 g/mol. The molecule has 1 saturated carbocycles. The van der Waals surface area contributed by atoms with Crippen LogP contribution in [0.1, 0.15) is 65.7 Å². The molecule has 3 atom stereocenters. The van der Waals surface area contributed by atoms with Crippen molar-refractivity contribution < 1.29 is 4.79 Å². The van der Waals surface area contributed by atoms with E-state index in [-0.39, 0.29) is 0 Å². The van der Waals surface area contributed by atoms with Crippen LogP contribution in [0.25, 0.3) is 0 Å². The minimum absolute atomic E-state index is 0.290. The highest BCUT2D eigenvalue weighted by Crippen LogP contribution is 2.33. The highest BCUT2D eigenvalue weighted by Gasteiger charge is 2.31. The molecule has 3 heteroatoms. The van der Waals surface area contributed by atoms with E-state index < -0.39 is 0 Å². The molecule has 0 spiro atoms. The van der Waals surface area contributed by atoms with E-state index in [1.807, 2.05) is 0 Å². The van der Waals surface area contributed by atoms with Gasteiger partial charge in [0.25, 0.3) is 0 Å². The Kier molecular flexibility index (Phi) is 6.53. The summed E-state index contributed by atoms with van der Waals surface area (Å²) in [7, 11) is 0. The molecular weight excluding hydrogens is 260 g/mol. The van der Waals surface area contributed by atoms with Crippen LogP contribution in [0, 0.1) is 23.7 Å². The minimum Gasteiger partial charge on any atom is -0.353 e. The van der Waals surface area contributed by atoms with Crippen LogP contribution < -0.4 is 10.6 Å². The van der Waals surface area contributed by atoms with Gasteiger partial charge in [0, 0.05) is 12.5 Å². The number of piperidine rings is 1. The molecule has 0 bridgehead atoms. The van der Waals surface area contributed by atoms with Crippen LogP contribution in [-0.4, -0.2) is 25.0 Å². The molecule has 2 N–H and O–H groups in total. The lowest BCUT2D eigenvalue weighted by Crippen LogP contribution is -2.45. The molecule has 2 rings (SSSR count). The van der Waals surface area contributed by atoms with Crippen molar-refractivity contribution in [2.24, 2.45) is 23.7 Å². The summed E-state index contributed by atoms with van der Waals surface area (Å²) in [6.07, 6.45) is 8.04. The third-order valence-electron chi connectivity index (χ3n) is 5.61. The van der Waals surface area contributed by atoms with Crippen molar-refractivity contribution in [1.29, 1.82) is 0 Å². The fourth-order valence-corrected chi connectivity index (χ4v) is 4.15. The van der Waals surface area contributed by atoms with E-state index in [1.54, 1.807) is 0 Å². The van der Waals surface area contributed by atoms with Gasteiger partial charge in [-0.25, -0.2) is 0 Å². The van der Waals surface area contributed by atoms with Crippen molar-refractivity contribution in [3.8, 4) is 0 Å². The lowest BCUT2D eigenvalue weighted by atomic mass is 9.74. The molecule has 0 aromatic rings. The van der Waals surface area contributed by atoms with Gasteiger partial charge >= 0.3 is 0 Å². The molecule has 3 nitrogen and oxygen atoms in total. The molecule has 1 amide bonds. The SMILES string of the molecule is CC1CCC(C(C)C)C(NC(=O)CCC2CCNCC2)C1. The Morgan fingerprint density at radius 1 is 1.19 bits per heavy atom. The molecule has 0 radical (unpaired) electrons. The number of hydrogen-bond donors (Lipinski definition) is 2. The molecule has 1 saturated heterocycles. The van der Waals surface area contributed by atoms with Gasteiger partial charge in [0.2, 0.25) is 5.91 Å². The first-order valence-electron chi connectivity index (χ1n) is 9.06. The first kappa shape index (κ1) is 16.8. The second kappa shape index (κ2) is 8.17. The van der Waals surface area contributed by atoms with Crippen LogP contribution in [0.4, 0.5) is 0 Å². The average Bonchev–Trinajstić information content (AvgIpc) is 2.46. The molecule has 1 aliphatic heterocycles. The van der Waals surface area contributed by atoms with Gasteiger partial charge < -0.3 is 10.6 Å². The highest BCUT2D eigenvalue weighted by molar-refractivity contribution is 5.76. The van der Waals surface area contributed by atoms with Crippen molar-refractivity contribution >= 4 is 5.91 Å². The van der Waals surface area contributed by atoms with E-state index in [2.05, 4.69) is 31.4 Å². The van der Waals surface area contributed by atoms with Crippen molar-refractivity contribution in [1.82, 2.24) is 10.6 Å². The van der Waals surface area contributed by atoms with Crippen LogP contribution in [0.3, 0.4) is 0 Å².